The average Bonchev–Trinajstić information content (AvgIpc) is 2.49. The van der Waals surface area contributed by atoms with E-state index in [9.17, 15) is 4.79 Å². The predicted octanol–water partition coefficient (Wildman–Crippen LogP) is 1.24. The lowest BCUT2D eigenvalue weighted by atomic mass is 10.2. The van der Waals surface area contributed by atoms with Gasteiger partial charge in [0.15, 0.2) is 0 Å². The topological polar surface area (TPSA) is 58.4 Å². The molecular weight excluding hydrogens is 238 g/mol. The number of nitrogens with two attached hydrogens (primary N) is 1. The Bertz CT molecular complexity index is 422. The van der Waals surface area contributed by atoms with Gasteiger partial charge in [-0.15, -0.1) is 0 Å². The smallest absolute Gasteiger partial charge is 0.221 e. The third kappa shape index (κ3) is 3.35. The average molecular weight is 254 g/mol. The van der Waals surface area contributed by atoms with Gasteiger partial charge in [-0.05, 0) is 23.8 Å². The van der Waals surface area contributed by atoms with Crippen LogP contribution in [-0.2, 0) is 11.3 Å². The fourth-order valence-electron chi connectivity index (χ4n) is 1.93. The summed E-state index contributed by atoms with van der Waals surface area (Å²) in [5, 5.41) is 3.57. The van der Waals surface area contributed by atoms with Crippen molar-refractivity contribution in [2.45, 2.75) is 13.0 Å². The highest BCUT2D eigenvalue weighted by Gasteiger charge is 2.14. The number of hydrogen-bond acceptors (Lipinski definition) is 3. The number of benzene rings is 1. The fourth-order valence-corrected chi connectivity index (χ4v) is 2.11. The molecular formula is C12H16ClN3O. The lowest BCUT2D eigenvalue weighted by molar-refractivity contribution is -0.120. The first-order valence-corrected chi connectivity index (χ1v) is 6.06. The first-order chi connectivity index (χ1) is 8.15. The number of amides is 1. The van der Waals surface area contributed by atoms with E-state index in [1.54, 1.807) is 6.07 Å². The zero-order chi connectivity index (χ0) is 12.3. The minimum absolute atomic E-state index is 0.117. The van der Waals surface area contributed by atoms with Crippen molar-refractivity contribution < 1.29 is 4.79 Å². The van der Waals surface area contributed by atoms with Crippen LogP contribution in [0.3, 0.4) is 0 Å². The lowest BCUT2D eigenvalue weighted by Crippen LogP contribution is -2.28. The van der Waals surface area contributed by atoms with Crippen molar-refractivity contribution in [2.24, 2.45) is 0 Å². The Labute approximate surface area is 106 Å². The third-order valence-electron chi connectivity index (χ3n) is 2.87. The Kier molecular flexibility index (Phi) is 3.86. The van der Waals surface area contributed by atoms with Crippen LogP contribution < -0.4 is 11.1 Å². The number of nitrogens with one attached hydrogen (secondary N) is 1. The van der Waals surface area contributed by atoms with Crippen LogP contribution in [0, 0.1) is 0 Å². The van der Waals surface area contributed by atoms with Crippen molar-refractivity contribution in [3.63, 3.8) is 0 Å². The number of rotatable bonds is 2. The van der Waals surface area contributed by atoms with Gasteiger partial charge < -0.3 is 11.1 Å². The molecule has 0 saturated carbocycles. The summed E-state index contributed by atoms with van der Waals surface area (Å²) in [4.78, 5) is 13.4. The Morgan fingerprint density at radius 1 is 1.41 bits per heavy atom. The number of anilines is 1. The van der Waals surface area contributed by atoms with Crippen LogP contribution in [-0.4, -0.2) is 30.4 Å². The zero-order valence-electron chi connectivity index (χ0n) is 9.58. The lowest BCUT2D eigenvalue weighted by Gasteiger charge is -2.19. The first-order valence-electron chi connectivity index (χ1n) is 5.68. The Morgan fingerprint density at radius 2 is 2.24 bits per heavy atom. The molecule has 1 fully saturated rings. The van der Waals surface area contributed by atoms with Gasteiger partial charge in [0, 0.05) is 43.3 Å². The quantitative estimate of drug-likeness (QED) is 0.780. The highest BCUT2D eigenvalue weighted by molar-refractivity contribution is 6.31. The summed E-state index contributed by atoms with van der Waals surface area (Å²) in [5.41, 5.74) is 7.47. The Hall–Kier alpha value is -1.26. The number of halogens is 1. The van der Waals surface area contributed by atoms with E-state index < -0.39 is 0 Å². The standard InChI is InChI=1S/C12H16ClN3O/c13-11-2-1-10(14)7-9(11)8-16-5-3-12(17)15-4-6-16/h1-2,7H,3-6,8,14H2,(H,15,17). The molecule has 1 aromatic carbocycles. The number of carbonyl (C=O) groups is 1. The second kappa shape index (κ2) is 5.38. The summed E-state index contributed by atoms with van der Waals surface area (Å²) in [7, 11) is 0. The molecule has 1 saturated heterocycles. The second-order valence-corrected chi connectivity index (χ2v) is 4.63. The van der Waals surface area contributed by atoms with Gasteiger partial charge in [0.1, 0.15) is 0 Å². The van der Waals surface area contributed by atoms with Gasteiger partial charge in [0.25, 0.3) is 0 Å². The SMILES string of the molecule is Nc1ccc(Cl)c(CN2CCNC(=O)CC2)c1. The molecule has 2 rings (SSSR count). The maximum atomic E-state index is 11.2. The maximum absolute atomic E-state index is 11.2. The number of nitrogen functional groups attached to an aromatic ring is 1. The zero-order valence-corrected chi connectivity index (χ0v) is 10.3. The van der Waals surface area contributed by atoms with Crippen molar-refractivity contribution in [1.82, 2.24) is 10.2 Å². The number of hydrogen-bond donors (Lipinski definition) is 2. The highest BCUT2D eigenvalue weighted by atomic mass is 35.5. The number of carbonyl (C=O) groups excluding carboxylic acids is 1. The summed E-state index contributed by atoms with van der Waals surface area (Å²) in [5.74, 6) is 0.117. The van der Waals surface area contributed by atoms with Crippen molar-refractivity contribution in [3.8, 4) is 0 Å². The fraction of sp³-hybridized carbons (Fsp3) is 0.417. The van der Waals surface area contributed by atoms with Crippen LogP contribution in [0.4, 0.5) is 5.69 Å². The van der Waals surface area contributed by atoms with E-state index in [4.69, 9.17) is 17.3 Å². The van der Waals surface area contributed by atoms with Crippen LogP contribution in [0.1, 0.15) is 12.0 Å². The summed E-state index contributed by atoms with van der Waals surface area (Å²) in [6, 6.07) is 5.50. The molecule has 1 aromatic rings. The normalized spacial score (nSPS) is 17.6. The van der Waals surface area contributed by atoms with E-state index in [1.807, 2.05) is 12.1 Å². The van der Waals surface area contributed by atoms with Crippen LogP contribution >= 0.6 is 11.6 Å². The molecule has 0 aromatic heterocycles. The van der Waals surface area contributed by atoms with Crippen LogP contribution in [0.25, 0.3) is 0 Å². The van der Waals surface area contributed by atoms with Crippen LogP contribution in [0.2, 0.25) is 5.02 Å². The molecule has 1 aliphatic heterocycles. The van der Waals surface area contributed by atoms with E-state index in [2.05, 4.69) is 10.2 Å². The van der Waals surface area contributed by atoms with E-state index in [0.717, 1.165) is 30.2 Å². The monoisotopic (exact) mass is 253 g/mol. The summed E-state index contributed by atoms with van der Waals surface area (Å²) >= 11 is 6.12. The molecule has 3 N–H and O–H groups in total. The molecule has 0 aliphatic carbocycles. The summed E-state index contributed by atoms with van der Waals surface area (Å²) in [6.07, 6.45) is 0.542. The van der Waals surface area contributed by atoms with E-state index in [0.29, 0.717) is 18.7 Å². The largest absolute Gasteiger partial charge is 0.399 e. The molecule has 1 amide bonds. The van der Waals surface area contributed by atoms with Gasteiger partial charge in [-0.2, -0.15) is 0 Å². The highest BCUT2D eigenvalue weighted by Crippen LogP contribution is 2.20. The summed E-state index contributed by atoms with van der Waals surface area (Å²) in [6.45, 7) is 3.03. The molecule has 0 bridgehead atoms. The van der Waals surface area contributed by atoms with E-state index >= 15 is 0 Å². The van der Waals surface area contributed by atoms with Gasteiger partial charge in [0.05, 0.1) is 0 Å². The van der Waals surface area contributed by atoms with Crippen molar-refractivity contribution in [3.05, 3.63) is 28.8 Å². The molecule has 0 spiro atoms. The van der Waals surface area contributed by atoms with Crippen molar-refractivity contribution in [2.75, 3.05) is 25.4 Å². The van der Waals surface area contributed by atoms with Crippen molar-refractivity contribution in [1.29, 1.82) is 0 Å². The van der Waals surface area contributed by atoms with Gasteiger partial charge in [0.2, 0.25) is 5.91 Å². The van der Waals surface area contributed by atoms with Gasteiger partial charge in [-0.3, -0.25) is 9.69 Å². The molecule has 1 aliphatic rings. The summed E-state index contributed by atoms with van der Waals surface area (Å²) < 4.78 is 0. The molecule has 4 nitrogen and oxygen atoms in total. The Morgan fingerprint density at radius 3 is 3.06 bits per heavy atom. The maximum Gasteiger partial charge on any atom is 0.221 e. The second-order valence-electron chi connectivity index (χ2n) is 4.23. The minimum atomic E-state index is 0.117. The van der Waals surface area contributed by atoms with Gasteiger partial charge in [-0.25, -0.2) is 0 Å². The Balaban J connectivity index is 2.04. The van der Waals surface area contributed by atoms with Gasteiger partial charge >= 0.3 is 0 Å². The van der Waals surface area contributed by atoms with E-state index in [1.165, 1.54) is 0 Å². The van der Waals surface area contributed by atoms with Crippen molar-refractivity contribution >= 4 is 23.2 Å². The molecule has 17 heavy (non-hydrogen) atoms. The van der Waals surface area contributed by atoms with Gasteiger partial charge in [-0.1, -0.05) is 11.6 Å². The van der Waals surface area contributed by atoms with Crippen LogP contribution in [0.5, 0.6) is 0 Å². The predicted molar refractivity (Wildman–Crippen MR) is 68.8 cm³/mol. The third-order valence-corrected chi connectivity index (χ3v) is 3.24. The molecule has 0 unspecified atom stereocenters. The van der Waals surface area contributed by atoms with E-state index in [-0.39, 0.29) is 5.91 Å². The molecule has 0 atom stereocenters. The number of nitrogens with zero attached hydrogens (tertiary/aromatic N) is 1. The molecule has 0 radical (unpaired) electrons. The molecule has 1 heterocycles. The minimum Gasteiger partial charge on any atom is -0.399 e. The van der Waals surface area contributed by atoms with Crippen LogP contribution in [0.15, 0.2) is 18.2 Å². The molecule has 92 valence electrons. The first kappa shape index (κ1) is 12.2. The molecule has 5 heteroatoms.